The van der Waals surface area contributed by atoms with Gasteiger partial charge in [0.15, 0.2) is 11.5 Å². The number of hydrogen-bond acceptors (Lipinski definition) is 5. The van der Waals surface area contributed by atoms with Crippen molar-refractivity contribution in [1.82, 2.24) is 14.6 Å². The Labute approximate surface area is 131 Å². The van der Waals surface area contributed by atoms with Gasteiger partial charge in [0.2, 0.25) is 0 Å². The molecule has 0 radical (unpaired) electrons. The molecule has 3 aromatic heterocycles. The van der Waals surface area contributed by atoms with Gasteiger partial charge in [-0.15, -0.1) is 21.5 Å². The molecule has 0 spiro atoms. The van der Waals surface area contributed by atoms with E-state index in [1.165, 1.54) is 24.5 Å². The van der Waals surface area contributed by atoms with E-state index in [0.29, 0.717) is 22.1 Å². The maximum Gasteiger partial charge on any atom is 0.339 e. The van der Waals surface area contributed by atoms with Gasteiger partial charge >= 0.3 is 5.97 Å². The summed E-state index contributed by atoms with van der Waals surface area (Å²) in [5.41, 5.74) is 0.841. The number of nitrogens with zero attached hydrogens (tertiary/aromatic N) is 3. The monoisotopic (exact) mass is 371 g/mol. The average Bonchev–Trinajstić information content (AvgIpc) is 3.03. The third kappa shape index (κ3) is 2.11. The summed E-state index contributed by atoms with van der Waals surface area (Å²) in [6, 6.07) is 3.44. The molecule has 20 heavy (non-hydrogen) atoms. The molecular formula is C12H7BrClN3O2S. The normalized spacial score (nSPS) is 10.9. The van der Waals surface area contributed by atoms with Crippen LogP contribution in [0.25, 0.3) is 16.3 Å². The second-order valence-electron chi connectivity index (χ2n) is 3.88. The van der Waals surface area contributed by atoms with E-state index < -0.39 is 5.97 Å². The van der Waals surface area contributed by atoms with Crippen molar-refractivity contribution < 1.29 is 9.53 Å². The number of thiophene rings is 1. The number of ether oxygens (including phenoxy) is 1. The first-order valence-electron chi connectivity index (χ1n) is 5.47. The zero-order valence-corrected chi connectivity index (χ0v) is 13.3. The van der Waals surface area contributed by atoms with Crippen molar-refractivity contribution in [3.05, 3.63) is 38.8 Å². The molecule has 0 aliphatic rings. The molecule has 0 unspecified atom stereocenters. The van der Waals surface area contributed by atoms with Gasteiger partial charge in [0, 0.05) is 10.7 Å². The second-order valence-corrected chi connectivity index (χ2v) is 6.06. The standard InChI is InChI=1S/C12H7BrClN3O2S/c1-19-12(18)6-4-8(14)10-15-16-11(17(10)5-6)9-7(13)2-3-20-9/h2-5H,1H3. The number of esters is 1. The van der Waals surface area contributed by atoms with Gasteiger partial charge in [-0.1, -0.05) is 11.6 Å². The van der Waals surface area contributed by atoms with Crippen LogP contribution >= 0.6 is 38.9 Å². The number of fused-ring (bicyclic) bond motifs is 1. The fourth-order valence-electron chi connectivity index (χ4n) is 1.79. The number of hydrogen-bond donors (Lipinski definition) is 0. The van der Waals surface area contributed by atoms with Gasteiger partial charge in [-0.05, 0) is 33.4 Å². The molecule has 0 fully saturated rings. The lowest BCUT2D eigenvalue weighted by Gasteiger charge is -2.03. The van der Waals surface area contributed by atoms with Crippen molar-refractivity contribution in [2.75, 3.05) is 7.11 Å². The molecule has 8 heteroatoms. The van der Waals surface area contributed by atoms with Crippen molar-refractivity contribution in [2.24, 2.45) is 0 Å². The fourth-order valence-corrected chi connectivity index (χ4v) is 3.57. The Balaban J connectivity index is 2.28. The molecule has 0 saturated carbocycles. The summed E-state index contributed by atoms with van der Waals surface area (Å²) in [7, 11) is 1.32. The van der Waals surface area contributed by atoms with E-state index in [1.807, 2.05) is 11.4 Å². The van der Waals surface area contributed by atoms with Gasteiger partial charge in [-0.3, -0.25) is 4.40 Å². The summed E-state index contributed by atoms with van der Waals surface area (Å²) >= 11 is 11.1. The Hall–Kier alpha value is -1.44. The van der Waals surface area contributed by atoms with Crippen molar-refractivity contribution >= 4 is 50.5 Å². The number of pyridine rings is 1. The molecule has 3 aromatic rings. The Morgan fingerprint density at radius 3 is 2.95 bits per heavy atom. The highest BCUT2D eigenvalue weighted by atomic mass is 79.9. The SMILES string of the molecule is COC(=O)c1cc(Cl)c2nnc(-c3sccc3Br)n2c1. The minimum Gasteiger partial charge on any atom is -0.465 e. The topological polar surface area (TPSA) is 56.5 Å². The van der Waals surface area contributed by atoms with E-state index in [-0.39, 0.29) is 0 Å². The fraction of sp³-hybridized carbons (Fsp3) is 0.0833. The molecule has 102 valence electrons. The number of rotatable bonds is 2. The van der Waals surface area contributed by atoms with E-state index in [2.05, 4.69) is 26.1 Å². The van der Waals surface area contributed by atoms with Crippen molar-refractivity contribution in [3.63, 3.8) is 0 Å². The van der Waals surface area contributed by atoms with E-state index in [0.717, 1.165) is 9.35 Å². The highest BCUT2D eigenvalue weighted by Crippen LogP contribution is 2.33. The lowest BCUT2D eigenvalue weighted by Crippen LogP contribution is -2.03. The van der Waals surface area contributed by atoms with Crippen LogP contribution in [0.5, 0.6) is 0 Å². The molecular weight excluding hydrogens is 366 g/mol. The van der Waals surface area contributed by atoms with Crippen LogP contribution < -0.4 is 0 Å². The number of carbonyl (C=O) groups is 1. The van der Waals surface area contributed by atoms with Crippen LogP contribution in [0.3, 0.4) is 0 Å². The molecule has 0 amide bonds. The van der Waals surface area contributed by atoms with Crippen molar-refractivity contribution in [1.29, 1.82) is 0 Å². The van der Waals surface area contributed by atoms with E-state index in [9.17, 15) is 4.79 Å². The molecule has 0 aliphatic carbocycles. The Bertz CT molecular complexity index is 814. The number of methoxy groups -OCH3 is 1. The molecule has 3 rings (SSSR count). The molecule has 0 N–H and O–H groups in total. The third-order valence-electron chi connectivity index (χ3n) is 2.70. The van der Waals surface area contributed by atoms with Gasteiger partial charge in [0.1, 0.15) is 0 Å². The predicted octanol–water partition coefficient (Wildman–Crippen LogP) is 3.66. The highest BCUT2D eigenvalue weighted by Gasteiger charge is 2.17. The van der Waals surface area contributed by atoms with Gasteiger partial charge < -0.3 is 4.74 Å². The molecule has 3 heterocycles. The minimum absolute atomic E-state index is 0.346. The van der Waals surface area contributed by atoms with Crippen LogP contribution in [-0.2, 0) is 4.74 Å². The zero-order chi connectivity index (χ0) is 14.3. The summed E-state index contributed by atoms with van der Waals surface area (Å²) < 4.78 is 7.31. The number of carbonyl (C=O) groups excluding carboxylic acids is 1. The largest absolute Gasteiger partial charge is 0.465 e. The summed E-state index contributed by atoms with van der Waals surface area (Å²) in [5.74, 6) is 0.160. The maximum atomic E-state index is 11.7. The Kier molecular flexibility index (Phi) is 3.49. The molecule has 5 nitrogen and oxygen atoms in total. The van der Waals surface area contributed by atoms with Crippen LogP contribution in [0, 0.1) is 0 Å². The minimum atomic E-state index is -0.460. The second kappa shape index (κ2) is 5.16. The maximum absolute atomic E-state index is 11.7. The average molecular weight is 373 g/mol. The van der Waals surface area contributed by atoms with Gasteiger partial charge in [0.25, 0.3) is 0 Å². The third-order valence-corrected chi connectivity index (χ3v) is 4.81. The first kappa shape index (κ1) is 13.5. The van der Waals surface area contributed by atoms with Gasteiger partial charge in [-0.2, -0.15) is 0 Å². The van der Waals surface area contributed by atoms with Crippen LogP contribution in [0.15, 0.2) is 28.2 Å². The summed E-state index contributed by atoms with van der Waals surface area (Å²) in [5, 5.41) is 10.5. The quantitative estimate of drug-likeness (QED) is 0.644. The lowest BCUT2D eigenvalue weighted by atomic mass is 10.3. The Morgan fingerprint density at radius 2 is 2.30 bits per heavy atom. The van der Waals surface area contributed by atoms with Crippen molar-refractivity contribution in [3.8, 4) is 10.7 Å². The van der Waals surface area contributed by atoms with E-state index in [4.69, 9.17) is 16.3 Å². The molecule has 0 saturated heterocycles. The first-order valence-corrected chi connectivity index (χ1v) is 7.53. The summed E-state index contributed by atoms with van der Waals surface area (Å²) in [6.45, 7) is 0. The highest BCUT2D eigenvalue weighted by molar-refractivity contribution is 9.10. The molecule has 0 aromatic carbocycles. The van der Waals surface area contributed by atoms with Gasteiger partial charge in [0.05, 0.1) is 22.6 Å². The lowest BCUT2D eigenvalue weighted by molar-refractivity contribution is 0.0600. The summed E-state index contributed by atoms with van der Waals surface area (Å²) in [4.78, 5) is 12.6. The molecule has 0 bridgehead atoms. The Morgan fingerprint density at radius 1 is 1.50 bits per heavy atom. The summed E-state index contributed by atoms with van der Waals surface area (Å²) in [6.07, 6.45) is 1.62. The van der Waals surface area contributed by atoms with Crippen molar-refractivity contribution in [2.45, 2.75) is 0 Å². The van der Waals surface area contributed by atoms with Crippen LogP contribution in [0.2, 0.25) is 5.02 Å². The number of aromatic nitrogens is 3. The van der Waals surface area contributed by atoms with Gasteiger partial charge in [-0.25, -0.2) is 4.79 Å². The van der Waals surface area contributed by atoms with Crippen LogP contribution in [-0.4, -0.2) is 27.7 Å². The van der Waals surface area contributed by atoms with E-state index >= 15 is 0 Å². The van der Waals surface area contributed by atoms with Crippen LogP contribution in [0.4, 0.5) is 0 Å². The zero-order valence-electron chi connectivity index (χ0n) is 10.1. The smallest absolute Gasteiger partial charge is 0.339 e. The van der Waals surface area contributed by atoms with Crippen LogP contribution in [0.1, 0.15) is 10.4 Å². The number of halogens is 2. The first-order chi connectivity index (χ1) is 9.61. The molecule has 0 atom stereocenters. The predicted molar refractivity (Wildman–Crippen MR) is 80.3 cm³/mol. The van der Waals surface area contributed by atoms with E-state index in [1.54, 1.807) is 10.6 Å². The molecule has 0 aliphatic heterocycles.